The van der Waals surface area contributed by atoms with Crippen LogP contribution >= 0.6 is 0 Å². The normalized spacial score (nSPS) is 14.7. The molecular formula is C30H44N4O14. The number of ketones is 2. The molecule has 1 saturated heterocycles. The minimum Gasteiger partial charge on any atom is -0.412 e. The van der Waals surface area contributed by atoms with Crippen molar-refractivity contribution in [2.24, 2.45) is 10.3 Å². The highest BCUT2D eigenvalue weighted by atomic mass is 16.6. The number of carbonyl (C=O) groups excluding carboxylic acids is 2. The average molecular weight is 685 g/mol. The maximum Gasteiger partial charge on any atom is 0.227 e. The highest BCUT2D eigenvalue weighted by Gasteiger charge is 2.13. The van der Waals surface area contributed by atoms with Gasteiger partial charge in [0.05, 0.1) is 79.3 Å². The molecule has 10 N–H and O–H groups in total. The molecular weight excluding hydrogens is 640 g/mol. The van der Waals surface area contributed by atoms with Crippen LogP contribution in [-0.2, 0) is 28.4 Å². The highest BCUT2D eigenvalue weighted by Crippen LogP contribution is 2.02. The summed E-state index contributed by atoms with van der Waals surface area (Å²) in [5.41, 5.74) is -0.355. The second-order valence-electron chi connectivity index (χ2n) is 8.19. The third kappa shape index (κ3) is 23.6. The first kappa shape index (κ1) is 50.2. The number of rotatable bonds is 4. The van der Waals surface area contributed by atoms with Crippen molar-refractivity contribution in [3.05, 3.63) is 71.8 Å². The number of nitrogens with zero attached hydrogens (tertiary/aromatic N) is 4. The van der Waals surface area contributed by atoms with Gasteiger partial charge in [0.2, 0.25) is 23.0 Å². The Morgan fingerprint density at radius 3 is 0.854 bits per heavy atom. The first-order valence-electron chi connectivity index (χ1n) is 13.5. The Balaban J connectivity index is -0.000000295. The van der Waals surface area contributed by atoms with Crippen molar-refractivity contribution in [3.8, 4) is 12.1 Å². The van der Waals surface area contributed by atoms with E-state index in [1.54, 1.807) is 60.7 Å². The quantitative estimate of drug-likeness (QED) is 0.174. The molecule has 0 saturated carbocycles. The molecule has 0 amide bonds. The van der Waals surface area contributed by atoms with Crippen LogP contribution < -0.4 is 0 Å². The molecule has 1 aliphatic heterocycles. The summed E-state index contributed by atoms with van der Waals surface area (Å²) in [6, 6.07) is 19.3. The molecule has 18 nitrogen and oxygen atoms in total. The van der Waals surface area contributed by atoms with Crippen LogP contribution in [0.1, 0.15) is 20.7 Å². The van der Waals surface area contributed by atoms with E-state index in [1.807, 2.05) is 0 Å². The van der Waals surface area contributed by atoms with Crippen LogP contribution in [0.3, 0.4) is 0 Å². The summed E-state index contributed by atoms with van der Waals surface area (Å²) in [5, 5.41) is 38.6. The van der Waals surface area contributed by atoms with Gasteiger partial charge in [0, 0.05) is 11.1 Å². The van der Waals surface area contributed by atoms with Crippen LogP contribution in [0.15, 0.2) is 71.0 Å². The maximum absolute atomic E-state index is 11.3. The molecule has 48 heavy (non-hydrogen) atoms. The van der Waals surface area contributed by atoms with E-state index in [2.05, 4.69) is 10.3 Å². The number of Topliss-reactive ketones (excluding diaryl/α,β-unsaturated/α-hetero) is 2. The van der Waals surface area contributed by atoms with Gasteiger partial charge in [0.15, 0.2) is 0 Å². The van der Waals surface area contributed by atoms with Crippen LogP contribution in [0, 0.1) is 22.7 Å². The van der Waals surface area contributed by atoms with E-state index >= 15 is 0 Å². The van der Waals surface area contributed by atoms with Gasteiger partial charge in [-0.1, -0.05) is 71.0 Å². The van der Waals surface area contributed by atoms with E-state index in [4.69, 9.17) is 49.4 Å². The zero-order valence-corrected chi connectivity index (χ0v) is 26.2. The molecule has 0 unspecified atom stereocenters. The van der Waals surface area contributed by atoms with Crippen molar-refractivity contribution in [1.29, 1.82) is 10.5 Å². The Morgan fingerprint density at radius 1 is 0.479 bits per heavy atom. The number of hydrogen-bond donors (Lipinski definition) is 2. The topological polar surface area (TPSA) is 328 Å². The van der Waals surface area contributed by atoms with Gasteiger partial charge >= 0.3 is 0 Å². The van der Waals surface area contributed by atoms with Gasteiger partial charge in [-0.3, -0.25) is 9.59 Å². The summed E-state index contributed by atoms with van der Waals surface area (Å²) >= 11 is 0. The number of ether oxygens (including phenoxy) is 6. The zero-order valence-electron chi connectivity index (χ0n) is 26.2. The predicted molar refractivity (Wildman–Crippen MR) is 171 cm³/mol. The van der Waals surface area contributed by atoms with Gasteiger partial charge in [-0.15, -0.1) is 0 Å². The monoisotopic (exact) mass is 684 g/mol. The molecule has 0 atom stereocenters. The first-order valence-corrected chi connectivity index (χ1v) is 13.5. The smallest absolute Gasteiger partial charge is 0.227 e. The van der Waals surface area contributed by atoms with Gasteiger partial charge in [0.25, 0.3) is 0 Å². The Morgan fingerprint density at radius 2 is 0.688 bits per heavy atom. The van der Waals surface area contributed by atoms with Crippen molar-refractivity contribution in [2.45, 2.75) is 0 Å². The molecule has 0 aliphatic carbocycles. The van der Waals surface area contributed by atoms with Crippen molar-refractivity contribution in [2.75, 3.05) is 79.3 Å². The molecule has 1 heterocycles. The molecule has 268 valence electrons. The zero-order chi connectivity index (χ0) is 32.1. The SMILES string of the molecule is C1COCCOCCOCCOCCOCCO1.N#C/C(=N\O)C(=O)c1ccccc1.N#C/C(=N\O)C(=O)c1ccccc1.O.O.O.O. The summed E-state index contributed by atoms with van der Waals surface area (Å²) in [7, 11) is 0. The van der Waals surface area contributed by atoms with Crippen molar-refractivity contribution in [1.82, 2.24) is 0 Å². The van der Waals surface area contributed by atoms with Crippen LogP contribution in [-0.4, -0.2) is 135 Å². The summed E-state index contributed by atoms with van der Waals surface area (Å²) in [6.07, 6.45) is 0. The molecule has 0 bridgehead atoms. The Hall–Kier alpha value is -4.70. The Labute approximate surface area is 277 Å². The van der Waals surface area contributed by atoms with Gasteiger partial charge in [-0.25, -0.2) is 0 Å². The van der Waals surface area contributed by atoms with E-state index in [-0.39, 0.29) is 21.9 Å². The summed E-state index contributed by atoms with van der Waals surface area (Å²) < 4.78 is 32.0. The molecule has 2 aromatic carbocycles. The third-order valence-electron chi connectivity index (χ3n) is 5.15. The van der Waals surface area contributed by atoms with Gasteiger partial charge in [-0.2, -0.15) is 10.5 Å². The first-order chi connectivity index (χ1) is 21.6. The summed E-state index contributed by atoms with van der Waals surface area (Å²) in [5.74, 6) is -1.16. The van der Waals surface area contributed by atoms with E-state index in [0.717, 1.165) is 0 Å². The number of carbonyl (C=O) groups is 2. The maximum atomic E-state index is 11.3. The number of oxime groups is 2. The van der Waals surface area contributed by atoms with E-state index in [0.29, 0.717) is 90.4 Å². The number of nitriles is 2. The number of benzene rings is 2. The number of hydrogen-bond acceptors (Lipinski definition) is 14. The van der Waals surface area contributed by atoms with Crippen molar-refractivity contribution in [3.63, 3.8) is 0 Å². The van der Waals surface area contributed by atoms with Crippen LogP contribution in [0.4, 0.5) is 0 Å². The van der Waals surface area contributed by atoms with E-state index < -0.39 is 23.0 Å². The molecule has 3 rings (SSSR count). The van der Waals surface area contributed by atoms with Crippen LogP contribution in [0.5, 0.6) is 0 Å². The standard InChI is InChI=1S/C12H24O6.2C9H6N2O2.4H2O/c1-2-14-5-6-16-9-10-18-12-11-17-8-7-15-4-3-13-1;2*10-6-8(11-13)9(12)7-4-2-1-3-5-7;;;;/h1-12H2;2*1-5,13H;4*1H2/b;2*11-8+;;;;. The highest BCUT2D eigenvalue weighted by molar-refractivity contribution is 6.51. The molecule has 0 aromatic heterocycles. The molecule has 1 fully saturated rings. The Kier molecular flexibility index (Phi) is 36.7. The minimum absolute atomic E-state index is 0. The minimum atomic E-state index is -0.578. The summed E-state index contributed by atoms with van der Waals surface area (Å²) in [4.78, 5) is 22.6. The van der Waals surface area contributed by atoms with Crippen LogP contribution in [0.25, 0.3) is 0 Å². The Bertz CT molecular complexity index is 1070. The molecule has 1 aliphatic rings. The lowest BCUT2D eigenvalue weighted by Crippen LogP contribution is -2.16. The molecule has 0 spiro atoms. The second-order valence-corrected chi connectivity index (χ2v) is 8.19. The fourth-order valence-electron chi connectivity index (χ4n) is 3.01. The van der Waals surface area contributed by atoms with Crippen LogP contribution in [0.2, 0.25) is 0 Å². The van der Waals surface area contributed by atoms with Gasteiger partial charge < -0.3 is 60.7 Å². The fraction of sp³-hybridized carbons (Fsp3) is 0.400. The molecule has 18 heteroatoms. The van der Waals surface area contributed by atoms with E-state index in [1.165, 1.54) is 12.1 Å². The van der Waals surface area contributed by atoms with Crippen molar-refractivity contribution < 1.29 is 70.3 Å². The summed E-state index contributed by atoms with van der Waals surface area (Å²) in [6.45, 7) is 7.04. The fourth-order valence-corrected chi connectivity index (χ4v) is 3.01. The van der Waals surface area contributed by atoms with Crippen molar-refractivity contribution >= 4 is 23.0 Å². The predicted octanol–water partition coefficient (Wildman–Crippen LogP) is -0.753. The lowest BCUT2D eigenvalue weighted by atomic mass is 10.1. The third-order valence-corrected chi connectivity index (χ3v) is 5.15. The average Bonchev–Trinajstić information content (AvgIpc) is 3.07. The van der Waals surface area contributed by atoms with Gasteiger partial charge in [0.1, 0.15) is 12.1 Å². The largest absolute Gasteiger partial charge is 0.412 e. The molecule has 2 aromatic rings. The van der Waals surface area contributed by atoms with E-state index in [9.17, 15) is 9.59 Å². The lowest BCUT2D eigenvalue weighted by Gasteiger charge is -2.09. The van der Waals surface area contributed by atoms with Gasteiger partial charge in [-0.05, 0) is 0 Å². The second kappa shape index (κ2) is 35.2. The molecule has 0 radical (unpaired) electrons. The lowest BCUT2D eigenvalue weighted by molar-refractivity contribution is -0.0334.